The molecule has 2 rings (SSSR count). The Kier molecular flexibility index (Phi) is 4.91. The second kappa shape index (κ2) is 6.55. The molecule has 8 heteroatoms. The molecule has 1 atom stereocenters. The van der Waals surface area contributed by atoms with E-state index in [0.717, 1.165) is 12.8 Å². The fourth-order valence-electron chi connectivity index (χ4n) is 2.45. The highest BCUT2D eigenvalue weighted by Crippen LogP contribution is 2.22. The number of carbonyl (C=O) groups is 2. The lowest BCUT2D eigenvalue weighted by Gasteiger charge is -2.33. The van der Waals surface area contributed by atoms with Gasteiger partial charge in [0.05, 0.1) is 12.2 Å². The van der Waals surface area contributed by atoms with E-state index in [1.807, 2.05) is 20.8 Å². The van der Waals surface area contributed by atoms with Crippen LogP contribution in [0.1, 0.15) is 50.1 Å². The first-order valence-corrected chi connectivity index (χ1v) is 7.79. The Morgan fingerprint density at radius 3 is 2.65 bits per heavy atom. The minimum atomic E-state index is -0.511. The maximum atomic E-state index is 12.2. The molecule has 128 valence electrons. The maximum absolute atomic E-state index is 12.2. The zero-order chi connectivity index (χ0) is 17.2. The number of likely N-dealkylation sites (tertiary alicyclic amines) is 1. The Morgan fingerprint density at radius 2 is 2.04 bits per heavy atom. The molecular formula is C15H25N5O3. The number of ether oxygens (including phenoxy) is 1. The number of carbonyl (C=O) groups excluding carboxylic acids is 2. The third kappa shape index (κ3) is 4.43. The van der Waals surface area contributed by atoms with E-state index in [0.29, 0.717) is 18.8 Å². The Hall–Kier alpha value is -2.12. The van der Waals surface area contributed by atoms with Gasteiger partial charge in [-0.2, -0.15) is 0 Å². The summed E-state index contributed by atoms with van der Waals surface area (Å²) in [6, 6.07) is 0.00693. The summed E-state index contributed by atoms with van der Waals surface area (Å²) in [5.74, 6) is -0.184. The average molecular weight is 323 g/mol. The van der Waals surface area contributed by atoms with Crippen LogP contribution in [0.5, 0.6) is 0 Å². The molecule has 2 heterocycles. The van der Waals surface area contributed by atoms with Crippen LogP contribution in [0, 0.1) is 0 Å². The molecule has 0 saturated carbocycles. The second-order valence-electron chi connectivity index (χ2n) is 7.01. The van der Waals surface area contributed by atoms with Gasteiger partial charge < -0.3 is 14.5 Å². The predicted octanol–water partition coefficient (Wildman–Crippen LogP) is 1.55. The maximum Gasteiger partial charge on any atom is 0.410 e. The SMILES string of the molecule is CN(C)C(=O)c1cn(C2CCCN(C(=O)OC(C)(C)C)C2)nn1. The quantitative estimate of drug-likeness (QED) is 0.825. The normalized spacial score (nSPS) is 18.7. The summed E-state index contributed by atoms with van der Waals surface area (Å²) in [6.45, 7) is 6.73. The van der Waals surface area contributed by atoms with Crippen LogP contribution < -0.4 is 0 Å². The summed E-state index contributed by atoms with van der Waals surface area (Å²) in [4.78, 5) is 27.2. The average Bonchev–Trinajstić information content (AvgIpc) is 2.94. The van der Waals surface area contributed by atoms with Crippen molar-refractivity contribution in [3.05, 3.63) is 11.9 Å². The van der Waals surface area contributed by atoms with Crippen LogP contribution in [0.4, 0.5) is 4.79 Å². The van der Waals surface area contributed by atoms with Crippen LogP contribution in [0.3, 0.4) is 0 Å². The van der Waals surface area contributed by atoms with Gasteiger partial charge in [-0.25, -0.2) is 9.48 Å². The number of rotatable bonds is 2. The Bertz CT molecular complexity index is 576. The van der Waals surface area contributed by atoms with Gasteiger partial charge in [-0.15, -0.1) is 5.10 Å². The second-order valence-corrected chi connectivity index (χ2v) is 7.01. The van der Waals surface area contributed by atoms with E-state index in [9.17, 15) is 9.59 Å². The zero-order valence-electron chi connectivity index (χ0n) is 14.4. The van der Waals surface area contributed by atoms with E-state index >= 15 is 0 Å². The zero-order valence-corrected chi connectivity index (χ0v) is 14.4. The van der Waals surface area contributed by atoms with E-state index < -0.39 is 5.60 Å². The number of aromatic nitrogens is 3. The predicted molar refractivity (Wildman–Crippen MR) is 84.1 cm³/mol. The Morgan fingerprint density at radius 1 is 1.35 bits per heavy atom. The fourth-order valence-corrected chi connectivity index (χ4v) is 2.45. The van der Waals surface area contributed by atoms with Crippen molar-refractivity contribution in [2.24, 2.45) is 0 Å². The molecule has 0 radical (unpaired) electrons. The van der Waals surface area contributed by atoms with Crippen LogP contribution in [0.15, 0.2) is 6.20 Å². The molecule has 1 aliphatic heterocycles. The van der Waals surface area contributed by atoms with Crippen molar-refractivity contribution in [3.8, 4) is 0 Å². The van der Waals surface area contributed by atoms with Crippen LogP contribution in [0.2, 0.25) is 0 Å². The van der Waals surface area contributed by atoms with Crippen molar-refractivity contribution in [3.63, 3.8) is 0 Å². The number of hydrogen-bond acceptors (Lipinski definition) is 5. The van der Waals surface area contributed by atoms with Gasteiger partial charge in [0.2, 0.25) is 0 Å². The number of piperidine rings is 1. The topological polar surface area (TPSA) is 80.6 Å². The first-order chi connectivity index (χ1) is 10.7. The van der Waals surface area contributed by atoms with E-state index in [1.54, 1.807) is 29.9 Å². The molecule has 0 N–H and O–H groups in total. The van der Waals surface area contributed by atoms with Gasteiger partial charge in [0, 0.05) is 27.2 Å². The van der Waals surface area contributed by atoms with Crippen LogP contribution >= 0.6 is 0 Å². The molecule has 0 aliphatic carbocycles. The van der Waals surface area contributed by atoms with E-state index in [1.165, 1.54) is 4.90 Å². The van der Waals surface area contributed by atoms with E-state index in [2.05, 4.69) is 10.3 Å². The van der Waals surface area contributed by atoms with E-state index in [4.69, 9.17) is 4.74 Å². The minimum absolute atomic E-state index is 0.00693. The van der Waals surface area contributed by atoms with Gasteiger partial charge in [0.25, 0.3) is 5.91 Å². The Labute approximate surface area is 136 Å². The minimum Gasteiger partial charge on any atom is -0.444 e. The van der Waals surface area contributed by atoms with Gasteiger partial charge in [-0.3, -0.25) is 4.79 Å². The van der Waals surface area contributed by atoms with Crippen molar-refractivity contribution in [2.75, 3.05) is 27.2 Å². The molecule has 1 saturated heterocycles. The molecule has 1 fully saturated rings. The van der Waals surface area contributed by atoms with Gasteiger partial charge in [0.1, 0.15) is 5.60 Å². The van der Waals surface area contributed by atoms with Crippen LogP contribution in [-0.4, -0.2) is 69.6 Å². The molecular weight excluding hydrogens is 298 g/mol. The molecule has 1 aromatic rings. The van der Waals surface area contributed by atoms with Gasteiger partial charge in [-0.05, 0) is 33.6 Å². The summed E-state index contributed by atoms with van der Waals surface area (Å²) in [5, 5.41) is 7.98. The van der Waals surface area contributed by atoms with Crippen molar-refractivity contribution in [1.29, 1.82) is 0 Å². The molecule has 0 aromatic carbocycles. The fraction of sp³-hybridized carbons (Fsp3) is 0.733. The van der Waals surface area contributed by atoms with Gasteiger partial charge in [-0.1, -0.05) is 5.21 Å². The third-order valence-corrected chi connectivity index (χ3v) is 3.56. The summed E-state index contributed by atoms with van der Waals surface area (Å²) < 4.78 is 7.09. The summed E-state index contributed by atoms with van der Waals surface area (Å²) in [6.07, 6.45) is 3.08. The summed E-state index contributed by atoms with van der Waals surface area (Å²) in [5.41, 5.74) is -0.202. The highest BCUT2D eigenvalue weighted by molar-refractivity contribution is 5.91. The molecule has 23 heavy (non-hydrogen) atoms. The lowest BCUT2D eigenvalue weighted by Crippen LogP contribution is -2.43. The molecule has 8 nitrogen and oxygen atoms in total. The molecule has 1 unspecified atom stereocenters. The van der Waals surface area contributed by atoms with Crippen molar-refractivity contribution in [1.82, 2.24) is 24.8 Å². The molecule has 0 bridgehead atoms. The number of amides is 2. The standard InChI is InChI=1S/C15H25N5O3/c1-15(2,3)23-14(22)19-8-6-7-11(9-19)20-10-12(16-17-20)13(21)18(4)5/h10-11H,6-9H2,1-5H3. The summed E-state index contributed by atoms with van der Waals surface area (Å²) in [7, 11) is 3.35. The third-order valence-electron chi connectivity index (χ3n) is 3.56. The lowest BCUT2D eigenvalue weighted by molar-refractivity contribution is 0.0166. The smallest absolute Gasteiger partial charge is 0.410 e. The highest BCUT2D eigenvalue weighted by atomic mass is 16.6. The summed E-state index contributed by atoms with van der Waals surface area (Å²) >= 11 is 0. The van der Waals surface area contributed by atoms with Crippen LogP contribution in [0.25, 0.3) is 0 Å². The van der Waals surface area contributed by atoms with Crippen LogP contribution in [-0.2, 0) is 4.74 Å². The largest absolute Gasteiger partial charge is 0.444 e. The van der Waals surface area contributed by atoms with E-state index in [-0.39, 0.29) is 18.0 Å². The first-order valence-electron chi connectivity index (χ1n) is 7.79. The number of nitrogens with zero attached hydrogens (tertiary/aromatic N) is 5. The van der Waals surface area contributed by atoms with Gasteiger partial charge in [0.15, 0.2) is 5.69 Å². The Balaban J connectivity index is 2.04. The molecule has 2 amide bonds. The van der Waals surface area contributed by atoms with Gasteiger partial charge >= 0.3 is 6.09 Å². The van der Waals surface area contributed by atoms with Crippen molar-refractivity contribution >= 4 is 12.0 Å². The molecule has 1 aliphatic rings. The monoisotopic (exact) mass is 323 g/mol. The highest BCUT2D eigenvalue weighted by Gasteiger charge is 2.29. The lowest BCUT2D eigenvalue weighted by atomic mass is 10.1. The van der Waals surface area contributed by atoms with Crippen molar-refractivity contribution in [2.45, 2.75) is 45.3 Å². The molecule has 0 spiro atoms. The number of hydrogen-bond donors (Lipinski definition) is 0. The van der Waals surface area contributed by atoms with Crippen molar-refractivity contribution < 1.29 is 14.3 Å². The first kappa shape index (κ1) is 17.2. The molecule has 1 aromatic heterocycles.